The van der Waals surface area contributed by atoms with E-state index in [1.165, 1.54) is 0 Å². The van der Waals surface area contributed by atoms with Crippen LogP contribution < -0.4 is 5.32 Å². The third-order valence-corrected chi connectivity index (χ3v) is 7.11. The maximum atomic E-state index is 14.3. The van der Waals surface area contributed by atoms with Gasteiger partial charge in [0.2, 0.25) is 10.0 Å². The molecule has 0 aliphatic carbocycles. The maximum Gasteiger partial charge on any atom is 0.338 e. The van der Waals surface area contributed by atoms with Gasteiger partial charge >= 0.3 is 5.97 Å². The first-order chi connectivity index (χ1) is 15.4. The highest BCUT2D eigenvalue weighted by Crippen LogP contribution is 2.23. The Morgan fingerprint density at radius 3 is 2.75 bits per heavy atom. The second-order valence-corrected chi connectivity index (χ2v) is 9.16. The molecule has 1 aliphatic rings. The van der Waals surface area contributed by atoms with E-state index in [1.54, 1.807) is 18.2 Å². The van der Waals surface area contributed by atoms with Crippen molar-refractivity contribution in [2.75, 3.05) is 38.2 Å². The van der Waals surface area contributed by atoms with Gasteiger partial charge in [0, 0.05) is 13.1 Å². The van der Waals surface area contributed by atoms with Gasteiger partial charge in [0.1, 0.15) is 21.7 Å². The first-order valence-corrected chi connectivity index (χ1v) is 11.6. The van der Waals surface area contributed by atoms with Gasteiger partial charge in [-0.2, -0.15) is 13.1 Å². The molecular formula is C19H17FN4O6S2. The highest BCUT2D eigenvalue weighted by atomic mass is 32.2. The maximum absolute atomic E-state index is 14.3. The van der Waals surface area contributed by atoms with Crippen LogP contribution in [0.3, 0.4) is 0 Å². The number of fused-ring (bicyclic) bond motifs is 1. The van der Waals surface area contributed by atoms with Crippen LogP contribution in [0, 0.1) is 5.82 Å². The standard InChI is InChI=1S/C19H17FN4O6S2/c20-13-5-4-12(10-16(13)32(27,28)24-6-8-29-9-7-24)19(26)30-11-17(25)21-14-2-1-3-15-18(14)23-31-22-15/h1-5,10H,6-9,11H2,(H,21,25). The van der Waals surface area contributed by atoms with Crippen molar-refractivity contribution in [3.8, 4) is 0 Å². The van der Waals surface area contributed by atoms with E-state index in [-0.39, 0.29) is 31.9 Å². The highest BCUT2D eigenvalue weighted by Gasteiger charge is 2.30. The second kappa shape index (κ2) is 9.24. The fourth-order valence-electron chi connectivity index (χ4n) is 3.06. The number of nitrogens with zero attached hydrogens (tertiary/aromatic N) is 3. The molecule has 0 atom stereocenters. The van der Waals surface area contributed by atoms with Crippen molar-refractivity contribution in [2.45, 2.75) is 4.90 Å². The number of morpholine rings is 1. The van der Waals surface area contributed by atoms with Crippen LogP contribution in [0.25, 0.3) is 11.0 Å². The van der Waals surface area contributed by atoms with Gasteiger partial charge in [0.05, 0.1) is 36.2 Å². The first-order valence-electron chi connectivity index (χ1n) is 9.42. The Kier molecular flexibility index (Phi) is 6.41. The van der Waals surface area contributed by atoms with Gasteiger partial charge in [0.25, 0.3) is 5.91 Å². The monoisotopic (exact) mass is 480 g/mol. The van der Waals surface area contributed by atoms with Crippen LogP contribution in [0.15, 0.2) is 41.3 Å². The summed E-state index contributed by atoms with van der Waals surface area (Å²) in [5.74, 6) is -2.58. The van der Waals surface area contributed by atoms with Gasteiger partial charge < -0.3 is 14.8 Å². The van der Waals surface area contributed by atoms with Crippen LogP contribution in [0.5, 0.6) is 0 Å². The summed E-state index contributed by atoms with van der Waals surface area (Å²) in [6.07, 6.45) is 0. The summed E-state index contributed by atoms with van der Waals surface area (Å²) in [7, 11) is -4.16. The number of ether oxygens (including phenoxy) is 2. The molecule has 2 aromatic carbocycles. The fraction of sp³-hybridized carbons (Fsp3) is 0.263. The van der Waals surface area contributed by atoms with Crippen LogP contribution in [0.4, 0.5) is 10.1 Å². The predicted molar refractivity (Wildman–Crippen MR) is 112 cm³/mol. The van der Waals surface area contributed by atoms with Crippen molar-refractivity contribution in [1.82, 2.24) is 13.1 Å². The summed E-state index contributed by atoms with van der Waals surface area (Å²) in [5.41, 5.74) is 1.34. The van der Waals surface area contributed by atoms with E-state index in [9.17, 15) is 22.4 Å². The number of hydrogen-bond donors (Lipinski definition) is 1. The van der Waals surface area contributed by atoms with E-state index in [4.69, 9.17) is 9.47 Å². The molecule has 10 nitrogen and oxygen atoms in total. The van der Waals surface area contributed by atoms with Crippen molar-refractivity contribution < 1.29 is 31.9 Å². The minimum Gasteiger partial charge on any atom is -0.452 e. The Labute approximate surface area is 186 Å². The molecule has 0 unspecified atom stereocenters. The molecule has 0 bridgehead atoms. The van der Waals surface area contributed by atoms with Crippen molar-refractivity contribution >= 4 is 50.3 Å². The SMILES string of the molecule is O=C(COC(=O)c1ccc(F)c(S(=O)(=O)N2CCOCC2)c1)Nc1cccc2nsnc12. The van der Waals surface area contributed by atoms with E-state index in [0.717, 1.165) is 34.2 Å². The quantitative estimate of drug-likeness (QED) is 0.528. The zero-order valence-corrected chi connectivity index (χ0v) is 18.1. The van der Waals surface area contributed by atoms with E-state index in [2.05, 4.69) is 14.1 Å². The van der Waals surface area contributed by atoms with E-state index in [1.807, 2.05) is 0 Å². The molecule has 0 radical (unpaired) electrons. The summed E-state index contributed by atoms with van der Waals surface area (Å²) in [5, 5.41) is 2.58. The lowest BCUT2D eigenvalue weighted by atomic mass is 10.2. The number of sulfonamides is 1. The van der Waals surface area contributed by atoms with Crippen molar-refractivity contribution in [2.24, 2.45) is 0 Å². The summed E-state index contributed by atoms with van der Waals surface area (Å²) < 4.78 is 59.1. The number of benzene rings is 2. The number of aromatic nitrogens is 2. The van der Waals surface area contributed by atoms with Crippen LogP contribution in [-0.2, 0) is 24.3 Å². The molecule has 1 aromatic heterocycles. The van der Waals surface area contributed by atoms with Crippen molar-refractivity contribution in [3.05, 3.63) is 47.8 Å². The second-order valence-electron chi connectivity index (χ2n) is 6.72. The Bertz CT molecular complexity index is 1270. The number of halogens is 1. The van der Waals surface area contributed by atoms with Crippen LogP contribution in [0.2, 0.25) is 0 Å². The van der Waals surface area contributed by atoms with Gasteiger partial charge in [-0.05, 0) is 30.3 Å². The van der Waals surface area contributed by atoms with Gasteiger partial charge in [-0.25, -0.2) is 17.6 Å². The Morgan fingerprint density at radius 1 is 1.19 bits per heavy atom. The number of hydrogen-bond acceptors (Lipinski definition) is 9. The average molecular weight is 480 g/mol. The fourth-order valence-corrected chi connectivity index (χ4v) is 5.11. The van der Waals surface area contributed by atoms with E-state index in [0.29, 0.717) is 16.7 Å². The normalized spacial score (nSPS) is 14.9. The largest absolute Gasteiger partial charge is 0.452 e. The molecule has 2 heterocycles. The lowest BCUT2D eigenvalue weighted by Gasteiger charge is -2.26. The lowest BCUT2D eigenvalue weighted by molar-refractivity contribution is -0.119. The number of carbonyl (C=O) groups excluding carboxylic acids is 2. The molecule has 168 valence electrons. The molecule has 0 spiro atoms. The van der Waals surface area contributed by atoms with Crippen LogP contribution in [0.1, 0.15) is 10.4 Å². The summed E-state index contributed by atoms with van der Waals surface area (Å²) in [4.78, 5) is 23.9. The highest BCUT2D eigenvalue weighted by molar-refractivity contribution is 7.89. The third kappa shape index (κ3) is 4.60. The molecule has 1 amide bonds. The molecule has 1 fully saturated rings. The number of nitrogens with one attached hydrogen (secondary N) is 1. The molecule has 1 saturated heterocycles. The predicted octanol–water partition coefficient (Wildman–Crippen LogP) is 1.65. The average Bonchev–Trinajstić information content (AvgIpc) is 3.28. The van der Waals surface area contributed by atoms with E-state index < -0.39 is 39.2 Å². The van der Waals surface area contributed by atoms with Crippen LogP contribution in [-0.4, -0.2) is 66.3 Å². The first kappa shape index (κ1) is 22.2. The van der Waals surface area contributed by atoms with Gasteiger partial charge in [-0.1, -0.05) is 6.07 Å². The van der Waals surface area contributed by atoms with Gasteiger partial charge in [0.15, 0.2) is 6.61 Å². The summed E-state index contributed by atoms with van der Waals surface area (Å²) in [6, 6.07) is 7.94. The molecule has 0 saturated carbocycles. The number of carbonyl (C=O) groups is 2. The zero-order valence-electron chi connectivity index (χ0n) is 16.5. The smallest absolute Gasteiger partial charge is 0.338 e. The minimum atomic E-state index is -4.16. The molecular weight excluding hydrogens is 463 g/mol. The lowest BCUT2D eigenvalue weighted by Crippen LogP contribution is -2.41. The Balaban J connectivity index is 1.44. The molecule has 13 heteroatoms. The van der Waals surface area contributed by atoms with Crippen molar-refractivity contribution in [3.63, 3.8) is 0 Å². The third-order valence-electron chi connectivity index (χ3n) is 4.65. The Morgan fingerprint density at radius 2 is 1.97 bits per heavy atom. The van der Waals surface area contributed by atoms with Crippen LogP contribution >= 0.6 is 11.7 Å². The molecule has 1 aliphatic heterocycles. The topological polar surface area (TPSA) is 128 Å². The van der Waals surface area contributed by atoms with Gasteiger partial charge in [-0.15, -0.1) is 0 Å². The summed E-state index contributed by atoms with van der Waals surface area (Å²) in [6.45, 7) is -0.0732. The Hall–Kier alpha value is -3.00. The van der Waals surface area contributed by atoms with Gasteiger partial charge in [-0.3, -0.25) is 4.79 Å². The summed E-state index contributed by atoms with van der Waals surface area (Å²) >= 11 is 0.997. The molecule has 3 aromatic rings. The molecule has 1 N–H and O–H groups in total. The number of amides is 1. The minimum absolute atomic E-state index is 0.0812. The van der Waals surface area contributed by atoms with Crippen molar-refractivity contribution in [1.29, 1.82) is 0 Å². The molecule has 32 heavy (non-hydrogen) atoms. The number of esters is 1. The number of anilines is 1. The number of rotatable bonds is 6. The molecule has 4 rings (SSSR count). The van der Waals surface area contributed by atoms with E-state index >= 15 is 0 Å². The zero-order chi connectivity index (χ0) is 22.7.